The molecule has 0 N–H and O–H groups in total. The number of nitrogens with zero attached hydrogens (tertiary/aromatic N) is 6. The summed E-state index contributed by atoms with van der Waals surface area (Å²) in [4.78, 5) is 7.52. The van der Waals surface area contributed by atoms with Crippen molar-refractivity contribution in [2.24, 2.45) is 0 Å². The summed E-state index contributed by atoms with van der Waals surface area (Å²) in [7, 11) is 0. The van der Waals surface area contributed by atoms with Crippen LogP contribution in [0.5, 0.6) is 0 Å². The highest BCUT2D eigenvalue weighted by Gasteiger charge is 2.32. The largest absolute Gasteiger partial charge is 0.417 e. The lowest BCUT2D eigenvalue weighted by Crippen LogP contribution is -2.47. The molecule has 3 heterocycles. The zero-order chi connectivity index (χ0) is 17.2. The van der Waals surface area contributed by atoms with E-state index < -0.39 is 17.6 Å². The van der Waals surface area contributed by atoms with Gasteiger partial charge >= 0.3 is 6.18 Å². The van der Waals surface area contributed by atoms with E-state index in [1.807, 2.05) is 0 Å². The summed E-state index contributed by atoms with van der Waals surface area (Å²) < 4.78 is 53.4. The fourth-order valence-electron chi connectivity index (χ4n) is 2.60. The van der Waals surface area contributed by atoms with Gasteiger partial charge in [0.1, 0.15) is 0 Å². The van der Waals surface area contributed by atoms with E-state index in [0.717, 1.165) is 6.54 Å². The van der Waals surface area contributed by atoms with Crippen molar-refractivity contribution in [1.82, 2.24) is 24.9 Å². The standard InChI is InChI=1S/C14H16F4N6/c15-12-9-11(14(16,17)18)10-19-13(12)23-6-3-22(4-7-23)5-8-24-2-1-20-21-24/h1-2,9-10H,3-8H2. The van der Waals surface area contributed by atoms with E-state index in [-0.39, 0.29) is 5.82 Å². The van der Waals surface area contributed by atoms with Crippen LogP contribution in [0.25, 0.3) is 0 Å². The van der Waals surface area contributed by atoms with Crippen LogP contribution in [0, 0.1) is 5.82 Å². The second kappa shape index (κ2) is 6.71. The number of hydrogen-bond acceptors (Lipinski definition) is 5. The van der Waals surface area contributed by atoms with Gasteiger partial charge in [-0.25, -0.2) is 9.37 Å². The monoisotopic (exact) mass is 344 g/mol. The third-order valence-corrected chi connectivity index (χ3v) is 3.94. The Morgan fingerprint density at radius 1 is 1.08 bits per heavy atom. The van der Waals surface area contributed by atoms with Gasteiger partial charge in [-0.3, -0.25) is 9.58 Å². The molecule has 1 aliphatic rings. The molecule has 1 saturated heterocycles. The molecule has 10 heteroatoms. The highest BCUT2D eigenvalue weighted by molar-refractivity contribution is 5.42. The first-order chi connectivity index (χ1) is 11.4. The van der Waals surface area contributed by atoms with Crippen LogP contribution in [-0.4, -0.2) is 57.6 Å². The molecular formula is C14H16F4N6. The quantitative estimate of drug-likeness (QED) is 0.790. The second-order valence-electron chi connectivity index (χ2n) is 5.52. The number of anilines is 1. The summed E-state index contributed by atoms with van der Waals surface area (Å²) in [6.07, 6.45) is -0.531. The van der Waals surface area contributed by atoms with E-state index in [0.29, 0.717) is 45.0 Å². The van der Waals surface area contributed by atoms with Crippen molar-refractivity contribution in [3.8, 4) is 0 Å². The molecule has 0 bridgehead atoms. The van der Waals surface area contributed by atoms with Gasteiger partial charge in [-0.15, -0.1) is 5.10 Å². The molecule has 0 saturated carbocycles. The predicted octanol–water partition coefficient (Wildman–Crippen LogP) is 1.65. The number of halogens is 4. The Labute approximate surface area is 135 Å². The Bertz CT molecular complexity index is 664. The van der Waals surface area contributed by atoms with Crippen LogP contribution in [0.3, 0.4) is 0 Å². The maximum Gasteiger partial charge on any atom is 0.417 e. The maximum atomic E-state index is 14.0. The highest BCUT2D eigenvalue weighted by Crippen LogP contribution is 2.31. The molecule has 130 valence electrons. The molecule has 0 unspecified atom stereocenters. The van der Waals surface area contributed by atoms with Gasteiger partial charge in [0.05, 0.1) is 18.3 Å². The average Bonchev–Trinajstić information content (AvgIpc) is 3.06. The number of pyridine rings is 1. The van der Waals surface area contributed by atoms with Crippen LogP contribution in [0.1, 0.15) is 5.56 Å². The van der Waals surface area contributed by atoms with Crippen molar-refractivity contribution < 1.29 is 17.6 Å². The van der Waals surface area contributed by atoms with E-state index in [2.05, 4.69) is 20.2 Å². The lowest BCUT2D eigenvalue weighted by atomic mass is 10.2. The van der Waals surface area contributed by atoms with Crippen molar-refractivity contribution in [3.05, 3.63) is 36.0 Å². The molecule has 1 fully saturated rings. The Morgan fingerprint density at radius 2 is 1.83 bits per heavy atom. The summed E-state index contributed by atoms with van der Waals surface area (Å²) in [6, 6.07) is 0.499. The number of piperazine rings is 1. The Balaban J connectivity index is 1.56. The van der Waals surface area contributed by atoms with E-state index >= 15 is 0 Å². The molecule has 0 spiro atoms. The van der Waals surface area contributed by atoms with Crippen LogP contribution in [-0.2, 0) is 12.7 Å². The smallest absolute Gasteiger partial charge is 0.352 e. The number of alkyl halides is 3. The molecule has 0 atom stereocenters. The minimum Gasteiger partial charge on any atom is -0.352 e. The van der Waals surface area contributed by atoms with Crippen molar-refractivity contribution >= 4 is 5.82 Å². The first-order valence-corrected chi connectivity index (χ1v) is 7.47. The third kappa shape index (κ3) is 3.81. The number of aromatic nitrogens is 4. The van der Waals surface area contributed by atoms with Crippen molar-refractivity contribution in [2.45, 2.75) is 12.7 Å². The Kier molecular flexibility index (Phi) is 4.65. The average molecular weight is 344 g/mol. The summed E-state index contributed by atoms with van der Waals surface area (Å²) in [5.41, 5.74) is -1.07. The topological polar surface area (TPSA) is 50.1 Å². The minimum absolute atomic E-state index is 0.0288. The van der Waals surface area contributed by atoms with E-state index in [9.17, 15) is 17.6 Å². The van der Waals surface area contributed by atoms with Crippen molar-refractivity contribution in [1.29, 1.82) is 0 Å². The fraction of sp³-hybridized carbons (Fsp3) is 0.500. The first-order valence-electron chi connectivity index (χ1n) is 7.47. The normalized spacial score (nSPS) is 16.6. The minimum atomic E-state index is -4.59. The summed E-state index contributed by atoms with van der Waals surface area (Å²) >= 11 is 0. The zero-order valence-corrected chi connectivity index (χ0v) is 12.7. The first kappa shape index (κ1) is 16.6. The lowest BCUT2D eigenvalue weighted by molar-refractivity contribution is -0.138. The highest BCUT2D eigenvalue weighted by atomic mass is 19.4. The fourth-order valence-corrected chi connectivity index (χ4v) is 2.60. The molecule has 0 radical (unpaired) electrons. The van der Waals surface area contributed by atoms with Crippen molar-refractivity contribution in [2.75, 3.05) is 37.6 Å². The SMILES string of the molecule is Fc1cc(C(F)(F)F)cnc1N1CCN(CCn2ccnn2)CC1. The van der Waals surface area contributed by atoms with Gasteiger partial charge in [-0.2, -0.15) is 13.2 Å². The lowest BCUT2D eigenvalue weighted by Gasteiger charge is -2.35. The van der Waals surface area contributed by atoms with Gasteiger partial charge < -0.3 is 4.90 Å². The maximum absolute atomic E-state index is 14.0. The molecule has 24 heavy (non-hydrogen) atoms. The molecule has 2 aromatic heterocycles. The summed E-state index contributed by atoms with van der Waals surface area (Å²) in [5.74, 6) is -0.972. The van der Waals surface area contributed by atoms with Gasteiger partial charge in [0.2, 0.25) is 0 Å². The molecule has 1 aliphatic heterocycles. The Hall–Kier alpha value is -2.23. The number of rotatable bonds is 4. The summed E-state index contributed by atoms with van der Waals surface area (Å²) in [6.45, 7) is 3.85. The molecule has 0 aromatic carbocycles. The third-order valence-electron chi connectivity index (χ3n) is 3.94. The van der Waals surface area contributed by atoms with E-state index in [1.165, 1.54) is 0 Å². The van der Waals surface area contributed by atoms with E-state index in [4.69, 9.17) is 0 Å². The zero-order valence-electron chi connectivity index (χ0n) is 12.7. The van der Waals surface area contributed by atoms with E-state index in [1.54, 1.807) is 22.0 Å². The van der Waals surface area contributed by atoms with Crippen LogP contribution in [0.4, 0.5) is 23.4 Å². The molecule has 3 rings (SSSR count). The van der Waals surface area contributed by atoms with Gasteiger partial charge in [-0.05, 0) is 6.07 Å². The molecule has 2 aromatic rings. The molecule has 0 aliphatic carbocycles. The van der Waals surface area contributed by atoms with Crippen LogP contribution < -0.4 is 4.90 Å². The van der Waals surface area contributed by atoms with Crippen LogP contribution in [0.2, 0.25) is 0 Å². The second-order valence-corrected chi connectivity index (χ2v) is 5.52. The van der Waals surface area contributed by atoms with Gasteiger partial charge in [0, 0.05) is 45.1 Å². The van der Waals surface area contributed by atoms with Crippen LogP contribution >= 0.6 is 0 Å². The summed E-state index contributed by atoms with van der Waals surface area (Å²) in [5, 5.41) is 7.61. The predicted molar refractivity (Wildman–Crippen MR) is 77.9 cm³/mol. The molecule has 6 nitrogen and oxygen atoms in total. The Morgan fingerprint density at radius 3 is 2.42 bits per heavy atom. The van der Waals surface area contributed by atoms with Gasteiger partial charge in [0.25, 0.3) is 0 Å². The van der Waals surface area contributed by atoms with Crippen LogP contribution in [0.15, 0.2) is 24.7 Å². The molecule has 0 amide bonds. The van der Waals surface area contributed by atoms with Crippen molar-refractivity contribution in [3.63, 3.8) is 0 Å². The molecular weight excluding hydrogens is 328 g/mol. The van der Waals surface area contributed by atoms with Gasteiger partial charge in [0.15, 0.2) is 11.6 Å². The number of hydrogen-bond donors (Lipinski definition) is 0. The van der Waals surface area contributed by atoms with Gasteiger partial charge in [-0.1, -0.05) is 5.21 Å².